The number of nitrogens with one attached hydrogen (secondary N) is 3. The second-order valence-electron chi connectivity index (χ2n) is 8.92. The number of nitrogens with zero attached hydrogens (tertiary/aromatic N) is 5. The van der Waals surface area contributed by atoms with E-state index in [1.807, 2.05) is 38.1 Å². The zero-order chi connectivity index (χ0) is 25.5. The Bertz CT molecular complexity index is 1770. The monoisotopic (exact) mass is 492 g/mol. The molecule has 0 bridgehead atoms. The molecule has 0 aliphatic carbocycles. The van der Waals surface area contributed by atoms with Gasteiger partial charge in [-0.05, 0) is 42.0 Å². The highest BCUT2D eigenvalue weighted by Gasteiger charge is 2.18. The van der Waals surface area contributed by atoms with Gasteiger partial charge in [-0.1, -0.05) is 26.0 Å². The van der Waals surface area contributed by atoms with Crippen LogP contribution in [-0.4, -0.2) is 41.0 Å². The number of pyridine rings is 3. The Kier molecular flexibility index (Phi) is 5.41. The van der Waals surface area contributed by atoms with Crippen LogP contribution in [0.2, 0.25) is 0 Å². The number of carbonyl (C=O) groups is 1. The Morgan fingerprint density at radius 3 is 2.62 bits per heavy atom. The van der Waals surface area contributed by atoms with Crippen LogP contribution in [0.4, 0.5) is 10.1 Å². The van der Waals surface area contributed by atoms with E-state index in [9.17, 15) is 9.18 Å². The first-order valence-corrected chi connectivity index (χ1v) is 11.7. The van der Waals surface area contributed by atoms with E-state index in [1.54, 1.807) is 30.7 Å². The standard InChI is InChI=1S/C27H21FN8O/c1-14(2)27(37)31-18-11-16(12-29-13-18)20-7-8-21-23(32-20)24(36-35-21)26-33-22-19(9-10-30-25(22)34-26)15-3-5-17(28)6-4-15/h3-14H,1-2H3,(H,31,37)(H,35,36)(H,30,33,34). The molecule has 5 heterocycles. The maximum absolute atomic E-state index is 13.4. The van der Waals surface area contributed by atoms with Gasteiger partial charge in [0.1, 0.15) is 16.9 Å². The Hall–Kier alpha value is -4.99. The van der Waals surface area contributed by atoms with Crippen molar-refractivity contribution in [3.63, 3.8) is 0 Å². The summed E-state index contributed by atoms with van der Waals surface area (Å²) < 4.78 is 13.4. The number of aromatic nitrogens is 7. The molecule has 0 unspecified atom stereocenters. The third kappa shape index (κ3) is 4.18. The van der Waals surface area contributed by atoms with Gasteiger partial charge in [-0.3, -0.25) is 14.9 Å². The molecule has 0 spiro atoms. The van der Waals surface area contributed by atoms with E-state index in [4.69, 9.17) is 9.97 Å². The SMILES string of the molecule is CC(C)C(=O)Nc1cncc(-c2ccc3[nH]nc(-c4nc5c(-c6ccc(F)cc6)ccnc5[nH]4)c3n2)c1. The van der Waals surface area contributed by atoms with Gasteiger partial charge in [0.05, 0.1) is 23.1 Å². The third-order valence-electron chi connectivity index (χ3n) is 6.00. The highest BCUT2D eigenvalue weighted by atomic mass is 19.1. The summed E-state index contributed by atoms with van der Waals surface area (Å²) in [6, 6.07) is 13.7. The van der Waals surface area contributed by atoms with Crippen molar-refractivity contribution in [1.29, 1.82) is 0 Å². The number of H-pyrrole nitrogens is 2. The van der Waals surface area contributed by atoms with Gasteiger partial charge in [-0.2, -0.15) is 5.10 Å². The number of aromatic amines is 2. The minimum Gasteiger partial charge on any atom is -0.324 e. The minimum absolute atomic E-state index is 0.0852. The predicted molar refractivity (Wildman–Crippen MR) is 139 cm³/mol. The molecule has 0 aliphatic heterocycles. The minimum atomic E-state index is -0.301. The molecule has 37 heavy (non-hydrogen) atoms. The Morgan fingerprint density at radius 2 is 1.81 bits per heavy atom. The first kappa shape index (κ1) is 22.5. The van der Waals surface area contributed by atoms with Gasteiger partial charge in [0.15, 0.2) is 17.2 Å². The second-order valence-corrected chi connectivity index (χ2v) is 8.92. The fourth-order valence-corrected chi connectivity index (χ4v) is 4.04. The lowest BCUT2D eigenvalue weighted by atomic mass is 10.1. The number of fused-ring (bicyclic) bond motifs is 2. The number of amides is 1. The molecule has 1 amide bonds. The van der Waals surface area contributed by atoms with E-state index in [0.29, 0.717) is 39.6 Å². The normalized spacial score (nSPS) is 11.5. The number of rotatable bonds is 5. The first-order chi connectivity index (χ1) is 18.0. The number of imidazole rings is 1. The van der Waals surface area contributed by atoms with Crippen LogP contribution in [0, 0.1) is 11.7 Å². The number of benzene rings is 1. The second kappa shape index (κ2) is 8.90. The van der Waals surface area contributed by atoms with Crippen LogP contribution in [-0.2, 0) is 4.79 Å². The van der Waals surface area contributed by atoms with Gasteiger partial charge in [-0.25, -0.2) is 19.3 Å². The summed E-state index contributed by atoms with van der Waals surface area (Å²) in [5, 5.41) is 10.3. The van der Waals surface area contributed by atoms with Crippen molar-refractivity contribution in [2.75, 3.05) is 5.32 Å². The summed E-state index contributed by atoms with van der Waals surface area (Å²) in [6.45, 7) is 3.66. The molecule has 5 aromatic heterocycles. The lowest BCUT2D eigenvalue weighted by molar-refractivity contribution is -0.118. The van der Waals surface area contributed by atoms with Crippen LogP contribution in [0.25, 0.3) is 56.1 Å². The van der Waals surface area contributed by atoms with Crippen LogP contribution >= 0.6 is 0 Å². The molecule has 0 saturated carbocycles. The average Bonchev–Trinajstić information content (AvgIpc) is 3.53. The van der Waals surface area contributed by atoms with Crippen molar-refractivity contribution in [2.45, 2.75) is 13.8 Å². The van der Waals surface area contributed by atoms with Gasteiger partial charge in [-0.15, -0.1) is 0 Å². The fourth-order valence-electron chi connectivity index (χ4n) is 4.04. The largest absolute Gasteiger partial charge is 0.324 e. The van der Waals surface area contributed by atoms with E-state index >= 15 is 0 Å². The summed E-state index contributed by atoms with van der Waals surface area (Å²) in [6.07, 6.45) is 4.98. The van der Waals surface area contributed by atoms with Crippen molar-refractivity contribution in [1.82, 2.24) is 35.1 Å². The molecule has 0 radical (unpaired) electrons. The number of carbonyl (C=O) groups excluding carboxylic acids is 1. The van der Waals surface area contributed by atoms with Gasteiger partial charge in [0.2, 0.25) is 5.91 Å². The van der Waals surface area contributed by atoms with Gasteiger partial charge in [0, 0.05) is 29.4 Å². The van der Waals surface area contributed by atoms with Crippen LogP contribution < -0.4 is 5.32 Å². The Labute approximate surface area is 210 Å². The fraction of sp³-hybridized carbons (Fsp3) is 0.111. The summed E-state index contributed by atoms with van der Waals surface area (Å²) in [4.78, 5) is 33.6. The number of halogens is 1. The van der Waals surface area contributed by atoms with Crippen molar-refractivity contribution < 1.29 is 9.18 Å². The molecule has 10 heteroatoms. The van der Waals surface area contributed by atoms with Crippen LogP contribution in [0.3, 0.4) is 0 Å². The summed E-state index contributed by atoms with van der Waals surface area (Å²) in [5.41, 5.74) is 6.81. The molecule has 6 aromatic rings. The number of anilines is 1. The smallest absolute Gasteiger partial charge is 0.226 e. The van der Waals surface area contributed by atoms with Crippen molar-refractivity contribution in [3.8, 4) is 33.9 Å². The lowest BCUT2D eigenvalue weighted by Gasteiger charge is -2.08. The molecule has 0 fully saturated rings. The van der Waals surface area contributed by atoms with E-state index in [0.717, 1.165) is 22.2 Å². The molecular weight excluding hydrogens is 471 g/mol. The molecule has 0 aliphatic rings. The lowest BCUT2D eigenvalue weighted by Crippen LogP contribution is -2.17. The molecule has 182 valence electrons. The molecule has 3 N–H and O–H groups in total. The maximum atomic E-state index is 13.4. The molecule has 6 rings (SSSR count). The highest BCUT2D eigenvalue weighted by molar-refractivity contribution is 5.95. The Balaban J connectivity index is 1.41. The molecular formula is C27H21FN8O. The number of hydrogen-bond donors (Lipinski definition) is 3. The zero-order valence-electron chi connectivity index (χ0n) is 20.0. The molecule has 0 saturated heterocycles. The summed E-state index contributed by atoms with van der Waals surface area (Å²) in [7, 11) is 0. The molecule has 9 nitrogen and oxygen atoms in total. The quantitative estimate of drug-likeness (QED) is 0.298. The summed E-state index contributed by atoms with van der Waals surface area (Å²) in [5.74, 6) is -0.0276. The van der Waals surface area contributed by atoms with Crippen LogP contribution in [0.1, 0.15) is 13.8 Å². The van der Waals surface area contributed by atoms with Crippen molar-refractivity contribution >= 4 is 33.8 Å². The average molecular weight is 493 g/mol. The Morgan fingerprint density at radius 1 is 0.973 bits per heavy atom. The molecule has 0 atom stereocenters. The zero-order valence-corrected chi connectivity index (χ0v) is 20.0. The third-order valence-corrected chi connectivity index (χ3v) is 6.00. The van der Waals surface area contributed by atoms with Crippen LogP contribution in [0.15, 0.2) is 67.1 Å². The van der Waals surface area contributed by atoms with Crippen molar-refractivity contribution in [2.24, 2.45) is 5.92 Å². The first-order valence-electron chi connectivity index (χ1n) is 11.7. The van der Waals surface area contributed by atoms with Gasteiger partial charge < -0.3 is 10.3 Å². The van der Waals surface area contributed by atoms with Gasteiger partial charge >= 0.3 is 0 Å². The highest BCUT2D eigenvalue weighted by Crippen LogP contribution is 2.31. The van der Waals surface area contributed by atoms with E-state index in [-0.39, 0.29) is 17.6 Å². The van der Waals surface area contributed by atoms with Crippen LogP contribution in [0.5, 0.6) is 0 Å². The maximum Gasteiger partial charge on any atom is 0.226 e. The molecule has 1 aromatic carbocycles. The van der Waals surface area contributed by atoms with E-state index < -0.39 is 0 Å². The predicted octanol–water partition coefficient (Wildman–Crippen LogP) is 5.36. The number of hydrogen-bond acceptors (Lipinski definition) is 6. The topological polar surface area (TPSA) is 125 Å². The van der Waals surface area contributed by atoms with Gasteiger partial charge in [0.25, 0.3) is 0 Å². The van der Waals surface area contributed by atoms with Crippen molar-refractivity contribution in [3.05, 3.63) is 72.9 Å². The summed E-state index contributed by atoms with van der Waals surface area (Å²) >= 11 is 0. The van der Waals surface area contributed by atoms with E-state index in [1.165, 1.54) is 12.1 Å². The van der Waals surface area contributed by atoms with E-state index in [2.05, 4.69) is 30.5 Å².